The fourth-order valence-corrected chi connectivity index (χ4v) is 5.66. The molecule has 0 bridgehead atoms. The van der Waals surface area contributed by atoms with Crippen LogP contribution in [0.2, 0.25) is 0 Å². The van der Waals surface area contributed by atoms with Crippen LogP contribution in [0.1, 0.15) is 42.9 Å². The summed E-state index contributed by atoms with van der Waals surface area (Å²) < 4.78 is 26.2. The standard InChI is InChI=1S/C23H24N2O3S/c1-16-13-14-17(2)25(16)23(26)21-11-6-9-19(24-21)15-29(27,28)22-12-5-8-18-7-3-4-10-20(18)22/h3-12,16-17H,13-15H2,1-2H3. The largest absolute Gasteiger partial charge is 0.332 e. The molecule has 1 aromatic heterocycles. The number of carbonyl (C=O) groups is 1. The van der Waals surface area contributed by atoms with Crippen molar-refractivity contribution >= 4 is 26.5 Å². The van der Waals surface area contributed by atoms with Crippen molar-refractivity contribution in [3.05, 3.63) is 72.1 Å². The summed E-state index contributed by atoms with van der Waals surface area (Å²) in [5.41, 5.74) is 0.680. The van der Waals surface area contributed by atoms with Gasteiger partial charge in [0.1, 0.15) is 5.69 Å². The van der Waals surface area contributed by atoms with Gasteiger partial charge in [-0.2, -0.15) is 0 Å². The molecule has 2 unspecified atom stereocenters. The lowest BCUT2D eigenvalue weighted by molar-refractivity contribution is 0.0686. The van der Waals surface area contributed by atoms with Crippen LogP contribution < -0.4 is 0 Å². The third kappa shape index (κ3) is 3.77. The molecule has 150 valence electrons. The van der Waals surface area contributed by atoms with Crippen LogP contribution in [0.3, 0.4) is 0 Å². The van der Waals surface area contributed by atoms with Gasteiger partial charge in [0.05, 0.1) is 16.3 Å². The molecule has 6 heteroatoms. The number of benzene rings is 2. The molecule has 0 spiro atoms. The first-order valence-electron chi connectivity index (χ1n) is 9.86. The van der Waals surface area contributed by atoms with Gasteiger partial charge in [-0.05, 0) is 50.3 Å². The van der Waals surface area contributed by atoms with Gasteiger partial charge >= 0.3 is 0 Å². The van der Waals surface area contributed by atoms with E-state index in [4.69, 9.17) is 0 Å². The average molecular weight is 409 g/mol. The zero-order valence-corrected chi connectivity index (χ0v) is 17.4. The number of sulfone groups is 1. The summed E-state index contributed by atoms with van der Waals surface area (Å²) >= 11 is 0. The first-order valence-corrected chi connectivity index (χ1v) is 11.5. The Labute approximate surface area is 171 Å². The lowest BCUT2D eigenvalue weighted by Gasteiger charge is -2.26. The van der Waals surface area contributed by atoms with Gasteiger partial charge in [0, 0.05) is 17.5 Å². The Hall–Kier alpha value is -2.73. The fraction of sp³-hybridized carbons (Fsp3) is 0.304. The van der Waals surface area contributed by atoms with E-state index < -0.39 is 9.84 Å². The lowest BCUT2D eigenvalue weighted by atomic mass is 10.1. The maximum absolute atomic E-state index is 13.1. The number of amides is 1. The zero-order chi connectivity index (χ0) is 20.6. The molecule has 1 fully saturated rings. The molecule has 29 heavy (non-hydrogen) atoms. The van der Waals surface area contributed by atoms with Gasteiger partial charge in [-0.15, -0.1) is 0 Å². The number of rotatable bonds is 4. The number of hydrogen-bond acceptors (Lipinski definition) is 4. The highest BCUT2D eigenvalue weighted by Crippen LogP contribution is 2.27. The Morgan fingerprint density at radius 1 is 0.966 bits per heavy atom. The minimum Gasteiger partial charge on any atom is -0.332 e. The van der Waals surface area contributed by atoms with Crippen molar-refractivity contribution in [1.29, 1.82) is 0 Å². The molecular weight excluding hydrogens is 384 g/mol. The molecule has 0 aliphatic carbocycles. The maximum Gasteiger partial charge on any atom is 0.272 e. The molecule has 3 aromatic rings. The second-order valence-corrected chi connectivity index (χ2v) is 9.70. The molecule has 0 N–H and O–H groups in total. The number of nitrogens with zero attached hydrogens (tertiary/aromatic N) is 2. The van der Waals surface area contributed by atoms with E-state index in [1.165, 1.54) is 0 Å². The Kier molecular flexibility index (Phi) is 5.13. The van der Waals surface area contributed by atoms with Gasteiger partial charge in [0.2, 0.25) is 0 Å². The molecule has 1 amide bonds. The monoisotopic (exact) mass is 408 g/mol. The molecule has 0 saturated carbocycles. The zero-order valence-electron chi connectivity index (χ0n) is 16.6. The first kappa shape index (κ1) is 19.6. The summed E-state index contributed by atoms with van der Waals surface area (Å²) in [5, 5.41) is 1.57. The second kappa shape index (κ2) is 7.59. The fourth-order valence-electron chi connectivity index (χ4n) is 4.15. The van der Waals surface area contributed by atoms with E-state index in [2.05, 4.69) is 4.98 Å². The van der Waals surface area contributed by atoms with Crippen molar-refractivity contribution in [2.24, 2.45) is 0 Å². The van der Waals surface area contributed by atoms with Crippen LogP contribution in [0, 0.1) is 0 Å². The van der Waals surface area contributed by atoms with Gasteiger partial charge in [-0.1, -0.05) is 42.5 Å². The normalized spacial score (nSPS) is 19.6. The predicted molar refractivity (Wildman–Crippen MR) is 113 cm³/mol. The van der Waals surface area contributed by atoms with Gasteiger partial charge in [0.15, 0.2) is 9.84 Å². The molecule has 5 nitrogen and oxygen atoms in total. The van der Waals surface area contributed by atoms with Crippen molar-refractivity contribution in [2.75, 3.05) is 0 Å². The number of pyridine rings is 1. The van der Waals surface area contributed by atoms with Crippen LogP contribution in [0.25, 0.3) is 10.8 Å². The highest BCUT2D eigenvalue weighted by atomic mass is 32.2. The minimum atomic E-state index is -3.61. The molecule has 2 aromatic carbocycles. The average Bonchev–Trinajstić information content (AvgIpc) is 3.05. The third-order valence-corrected chi connectivity index (χ3v) is 7.34. The maximum atomic E-state index is 13.1. The second-order valence-electron chi connectivity index (χ2n) is 7.74. The number of likely N-dealkylation sites (tertiary alicyclic amines) is 1. The van der Waals surface area contributed by atoms with Crippen molar-refractivity contribution in [1.82, 2.24) is 9.88 Å². The summed E-state index contributed by atoms with van der Waals surface area (Å²) in [4.78, 5) is 19.5. The molecular formula is C23H24N2O3S. The SMILES string of the molecule is CC1CCC(C)N1C(=O)c1cccc(CS(=O)(=O)c2cccc3ccccc23)n1. The smallest absolute Gasteiger partial charge is 0.272 e. The van der Waals surface area contributed by atoms with Gasteiger partial charge in [0.25, 0.3) is 5.91 Å². The van der Waals surface area contributed by atoms with Crippen molar-refractivity contribution in [3.63, 3.8) is 0 Å². The van der Waals surface area contributed by atoms with Crippen LogP contribution in [-0.2, 0) is 15.6 Å². The van der Waals surface area contributed by atoms with Gasteiger partial charge < -0.3 is 4.90 Å². The Morgan fingerprint density at radius 3 is 2.38 bits per heavy atom. The predicted octanol–water partition coefficient (Wildman–Crippen LogP) is 4.22. The van der Waals surface area contributed by atoms with Crippen LogP contribution in [0.15, 0.2) is 65.6 Å². The molecule has 1 aliphatic rings. The number of aromatic nitrogens is 1. The van der Waals surface area contributed by atoms with Crippen molar-refractivity contribution in [3.8, 4) is 0 Å². The molecule has 1 aliphatic heterocycles. The van der Waals surface area contributed by atoms with Crippen molar-refractivity contribution < 1.29 is 13.2 Å². The topological polar surface area (TPSA) is 67.3 Å². The van der Waals surface area contributed by atoms with E-state index in [1.54, 1.807) is 30.3 Å². The summed E-state index contributed by atoms with van der Waals surface area (Å²) in [7, 11) is -3.61. The van der Waals surface area contributed by atoms with E-state index in [-0.39, 0.29) is 28.6 Å². The van der Waals surface area contributed by atoms with Gasteiger partial charge in [-0.3, -0.25) is 4.79 Å². The van der Waals surface area contributed by atoms with E-state index in [0.717, 1.165) is 18.2 Å². The third-order valence-electron chi connectivity index (χ3n) is 5.63. The van der Waals surface area contributed by atoms with E-state index in [1.807, 2.05) is 49.1 Å². The summed E-state index contributed by atoms with van der Waals surface area (Å²) in [6.07, 6.45) is 1.95. The van der Waals surface area contributed by atoms with Crippen molar-refractivity contribution in [2.45, 2.75) is 49.4 Å². The molecule has 2 heterocycles. The molecule has 2 atom stereocenters. The van der Waals surface area contributed by atoms with Crippen LogP contribution in [0.5, 0.6) is 0 Å². The Balaban J connectivity index is 1.64. The minimum absolute atomic E-state index is 0.132. The number of carbonyl (C=O) groups excluding carboxylic acids is 1. The number of fused-ring (bicyclic) bond motifs is 1. The summed E-state index contributed by atoms with van der Waals surface area (Å²) in [6, 6.07) is 18.1. The van der Waals surface area contributed by atoms with E-state index in [0.29, 0.717) is 16.8 Å². The van der Waals surface area contributed by atoms with E-state index in [9.17, 15) is 13.2 Å². The molecule has 0 radical (unpaired) electrons. The summed E-state index contributed by atoms with van der Waals surface area (Å²) in [6.45, 7) is 4.08. The molecule has 4 rings (SSSR count). The number of hydrogen-bond donors (Lipinski definition) is 0. The van der Waals surface area contributed by atoms with Gasteiger partial charge in [-0.25, -0.2) is 13.4 Å². The highest BCUT2D eigenvalue weighted by Gasteiger charge is 2.32. The molecule has 1 saturated heterocycles. The van der Waals surface area contributed by atoms with E-state index >= 15 is 0 Å². The quantitative estimate of drug-likeness (QED) is 0.648. The van der Waals surface area contributed by atoms with Crippen LogP contribution >= 0.6 is 0 Å². The first-order chi connectivity index (χ1) is 13.9. The van der Waals surface area contributed by atoms with Crippen LogP contribution in [-0.4, -0.2) is 36.3 Å². The summed E-state index contributed by atoms with van der Waals surface area (Å²) in [5.74, 6) is -0.375. The lowest BCUT2D eigenvalue weighted by Crippen LogP contribution is -2.39. The Bertz CT molecular complexity index is 1160. The highest BCUT2D eigenvalue weighted by molar-refractivity contribution is 7.90. The Morgan fingerprint density at radius 2 is 1.62 bits per heavy atom. The van der Waals surface area contributed by atoms with Crippen LogP contribution in [0.4, 0.5) is 0 Å².